The third-order valence-electron chi connectivity index (χ3n) is 3.12. The molecule has 0 atom stereocenters. The maximum absolute atomic E-state index is 12.2. The number of carbonyl (C=O) groups excluding carboxylic acids is 1. The summed E-state index contributed by atoms with van der Waals surface area (Å²) in [6.07, 6.45) is 2.65. The van der Waals surface area contributed by atoms with Crippen molar-refractivity contribution >= 4 is 50.4 Å². The van der Waals surface area contributed by atoms with Gasteiger partial charge in [0.25, 0.3) is 5.91 Å². The molecule has 1 aromatic carbocycles. The Labute approximate surface area is 139 Å². The van der Waals surface area contributed by atoms with E-state index < -0.39 is 15.9 Å². The van der Waals surface area contributed by atoms with E-state index in [0.29, 0.717) is 4.91 Å². The van der Waals surface area contributed by atoms with Gasteiger partial charge in [-0.2, -0.15) is 0 Å². The van der Waals surface area contributed by atoms with Gasteiger partial charge in [0.05, 0.1) is 20.8 Å². The molecule has 0 radical (unpaired) electrons. The molecule has 0 aromatic heterocycles. The zero-order valence-electron chi connectivity index (χ0n) is 11.8. The fraction of sp³-hybridized carbons (Fsp3) is 0.286. The van der Waals surface area contributed by atoms with E-state index in [4.69, 9.17) is 12.2 Å². The SMILES string of the molecule is CCc1ccc(/C=C2\SC(=S)N(CCS(=O)(=O)[O-])C2=O)cc1. The minimum Gasteiger partial charge on any atom is -0.748 e. The molecule has 2 rings (SSSR count). The van der Waals surface area contributed by atoms with Crippen LogP contribution in [0.2, 0.25) is 0 Å². The van der Waals surface area contributed by atoms with Gasteiger partial charge in [-0.25, -0.2) is 8.42 Å². The molecule has 5 nitrogen and oxygen atoms in total. The number of aryl methyl sites for hydroxylation is 1. The van der Waals surface area contributed by atoms with Crippen LogP contribution in [-0.2, 0) is 21.3 Å². The first-order valence-electron chi connectivity index (χ1n) is 6.58. The highest BCUT2D eigenvalue weighted by atomic mass is 32.2. The average molecular weight is 356 g/mol. The van der Waals surface area contributed by atoms with E-state index in [-0.39, 0.29) is 16.8 Å². The summed E-state index contributed by atoms with van der Waals surface area (Å²) in [5, 5.41) is 0. The number of hydrogen-bond acceptors (Lipinski definition) is 6. The second-order valence-corrected chi connectivity index (χ2v) is 7.89. The second-order valence-electron chi connectivity index (χ2n) is 4.69. The van der Waals surface area contributed by atoms with E-state index in [1.165, 1.54) is 5.56 Å². The number of thiocarbonyl (C=S) groups is 1. The molecule has 0 N–H and O–H groups in total. The molecule has 1 heterocycles. The van der Waals surface area contributed by atoms with Crippen LogP contribution in [0.15, 0.2) is 29.2 Å². The number of hydrogen-bond donors (Lipinski definition) is 0. The van der Waals surface area contributed by atoms with Crippen molar-refractivity contribution in [3.05, 3.63) is 40.3 Å². The highest BCUT2D eigenvalue weighted by Crippen LogP contribution is 2.32. The van der Waals surface area contributed by atoms with Crippen LogP contribution in [0.4, 0.5) is 0 Å². The highest BCUT2D eigenvalue weighted by molar-refractivity contribution is 8.26. The van der Waals surface area contributed by atoms with Crippen molar-refractivity contribution in [2.75, 3.05) is 12.3 Å². The number of nitrogens with zero attached hydrogens (tertiary/aromatic N) is 1. The standard InChI is InChI=1S/C14H15NO4S3/c1-2-10-3-5-11(6-4-10)9-12-13(16)15(14(20)21-12)7-8-22(17,18)19/h3-6,9H,2,7-8H2,1H3,(H,17,18,19)/p-1/b12-9-. The van der Waals surface area contributed by atoms with Crippen LogP contribution in [0.5, 0.6) is 0 Å². The molecule has 8 heteroatoms. The largest absolute Gasteiger partial charge is 0.748 e. The van der Waals surface area contributed by atoms with Gasteiger partial charge < -0.3 is 4.55 Å². The molecule has 1 aromatic rings. The zero-order chi connectivity index (χ0) is 16.3. The normalized spacial score (nSPS) is 17.5. The minimum atomic E-state index is -4.37. The Kier molecular flexibility index (Phi) is 5.38. The fourth-order valence-electron chi connectivity index (χ4n) is 1.90. The molecule has 0 unspecified atom stereocenters. The van der Waals surface area contributed by atoms with Gasteiger partial charge in [-0.05, 0) is 23.6 Å². The van der Waals surface area contributed by atoms with E-state index >= 15 is 0 Å². The lowest BCUT2D eigenvalue weighted by Crippen LogP contribution is -2.32. The fourth-order valence-corrected chi connectivity index (χ4v) is 3.61. The van der Waals surface area contributed by atoms with Crippen LogP contribution in [0.3, 0.4) is 0 Å². The molecule has 0 bridgehead atoms. The van der Waals surface area contributed by atoms with Crippen molar-refractivity contribution in [1.82, 2.24) is 4.90 Å². The molecule has 1 fully saturated rings. The molecule has 0 aliphatic carbocycles. The molecule has 0 saturated carbocycles. The minimum absolute atomic E-state index is 0.206. The van der Waals surface area contributed by atoms with E-state index in [0.717, 1.165) is 28.6 Å². The summed E-state index contributed by atoms with van der Waals surface area (Å²) >= 11 is 6.18. The Bertz CT molecular complexity index is 723. The summed E-state index contributed by atoms with van der Waals surface area (Å²) in [6, 6.07) is 7.79. The number of thioether (sulfide) groups is 1. The monoisotopic (exact) mass is 356 g/mol. The Hall–Kier alpha value is -1.22. The summed E-state index contributed by atoms with van der Waals surface area (Å²) < 4.78 is 32.3. The Balaban J connectivity index is 2.14. The first kappa shape index (κ1) is 17.1. The first-order chi connectivity index (χ1) is 10.3. The number of rotatable bonds is 5. The topological polar surface area (TPSA) is 77.5 Å². The molecule has 0 spiro atoms. The van der Waals surface area contributed by atoms with Crippen molar-refractivity contribution < 1.29 is 17.8 Å². The van der Waals surface area contributed by atoms with Gasteiger partial charge in [0, 0.05) is 6.54 Å². The van der Waals surface area contributed by atoms with Gasteiger partial charge in [0.1, 0.15) is 4.32 Å². The molecule has 1 aliphatic heterocycles. The lowest BCUT2D eigenvalue weighted by Gasteiger charge is -2.15. The molecular weight excluding hydrogens is 342 g/mol. The summed E-state index contributed by atoms with van der Waals surface area (Å²) in [5.41, 5.74) is 2.07. The van der Waals surface area contributed by atoms with Crippen LogP contribution in [0, 0.1) is 0 Å². The van der Waals surface area contributed by atoms with Gasteiger partial charge in [-0.1, -0.05) is 55.2 Å². The van der Waals surface area contributed by atoms with Gasteiger partial charge in [0.15, 0.2) is 0 Å². The molecule has 1 saturated heterocycles. The number of benzene rings is 1. The van der Waals surface area contributed by atoms with Gasteiger partial charge in [-0.3, -0.25) is 9.69 Å². The zero-order valence-corrected chi connectivity index (χ0v) is 14.3. The van der Waals surface area contributed by atoms with Crippen molar-refractivity contribution in [2.45, 2.75) is 13.3 Å². The Morgan fingerprint density at radius 2 is 1.95 bits per heavy atom. The van der Waals surface area contributed by atoms with Crippen molar-refractivity contribution in [2.24, 2.45) is 0 Å². The highest BCUT2D eigenvalue weighted by Gasteiger charge is 2.31. The lowest BCUT2D eigenvalue weighted by atomic mass is 10.1. The molecule has 118 valence electrons. The number of carbonyl (C=O) groups is 1. The molecule has 22 heavy (non-hydrogen) atoms. The maximum atomic E-state index is 12.2. The predicted molar refractivity (Wildman–Crippen MR) is 90.3 cm³/mol. The molecule has 1 aliphatic rings. The summed E-state index contributed by atoms with van der Waals surface area (Å²) in [6.45, 7) is 1.85. The van der Waals surface area contributed by atoms with Crippen LogP contribution >= 0.6 is 24.0 Å². The van der Waals surface area contributed by atoms with E-state index in [1.807, 2.05) is 24.3 Å². The van der Waals surface area contributed by atoms with Crippen molar-refractivity contribution in [3.63, 3.8) is 0 Å². The maximum Gasteiger partial charge on any atom is 0.266 e. The third kappa shape index (κ3) is 4.39. The van der Waals surface area contributed by atoms with Gasteiger partial charge in [-0.15, -0.1) is 0 Å². The van der Waals surface area contributed by atoms with Crippen LogP contribution < -0.4 is 0 Å². The van der Waals surface area contributed by atoms with E-state index in [2.05, 4.69) is 6.92 Å². The van der Waals surface area contributed by atoms with Crippen LogP contribution in [-0.4, -0.2) is 40.4 Å². The Morgan fingerprint density at radius 1 is 1.32 bits per heavy atom. The summed E-state index contributed by atoms with van der Waals surface area (Å²) in [7, 11) is -4.37. The average Bonchev–Trinajstić information content (AvgIpc) is 2.71. The predicted octanol–water partition coefficient (Wildman–Crippen LogP) is 2.00. The first-order valence-corrected chi connectivity index (χ1v) is 9.38. The van der Waals surface area contributed by atoms with E-state index in [9.17, 15) is 17.8 Å². The molecule has 1 amide bonds. The second kappa shape index (κ2) is 6.91. The van der Waals surface area contributed by atoms with E-state index in [1.54, 1.807) is 6.08 Å². The Morgan fingerprint density at radius 3 is 2.50 bits per heavy atom. The summed E-state index contributed by atoms with van der Waals surface area (Å²) in [4.78, 5) is 13.8. The third-order valence-corrected chi connectivity index (χ3v) is 5.18. The van der Waals surface area contributed by atoms with Gasteiger partial charge >= 0.3 is 0 Å². The van der Waals surface area contributed by atoms with Crippen molar-refractivity contribution in [3.8, 4) is 0 Å². The van der Waals surface area contributed by atoms with Crippen LogP contribution in [0.25, 0.3) is 6.08 Å². The number of amides is 1. The lowest BCUT2D eigenvalue weighted by molar-refractivity contribution is -0.121. The smallest absolute Gasteiger partial charge is 0.266 e. The quantitative estimate of drug-likeness (QED) is 0.456. The summed E-state index contributed by atoms with van der Waals surface area (Å²) in [5.74, 6) is -1.00. The molecular formula is C14H14NO4S3-. The van der Waals surface area contributed by atoms with Crippen molar-refractivity contribution in [1.29, 1.82) is 0 Å². The van der Waals surface area contributed by atoms with Gasteiger partial charge in [0.2, 0.25) is 0 Å². The van der Waals surface area contributed by atoms with Crippen LogP contribution in [0.1, 0.15) is 18.1 Å².